The van der Waals surface area contributed by atoms with Crippen LogP contribution >= 0.6 is 11.6 Å². The van der Waals surface area contributed by atoms with Crippen molar-refractivity contribution >= 4 is 29.1 Å². The summed E-state index contributed by atoms with van der Waals surface area (Å²) in [5.74, 6) is -0.991. The molecular formula is C13H14ClFN2O2. The van der Waals surface area contributed by atoms with Crippen LogP contribution in [0.1, 0.15) is 20.3 Å². The molecule has 0 spiro atoms. The number of rotatable bonds is 3. The standard InChI is InChI=1S/C13H14ClFN2O2/c1-7(2)17-12(18)6-11(13(17)19)16-10-5-8(15)3-4-9(10)14/h3-5,7,11,16H,6H2,1-2H3. The highest BCUT2D eigenvalue weighted by Crippen LogP contribution is 2.26. The number of hydrogen-bond donors (Lipinski definition) is 1. The fourth-order valence-electron chi connectivity index (χ4n) is 2.10. The lowest BCUT2D eigenvalue weighted by molar-refractivity contribution is -0.140. The van der Waals surface area contributed by atoms with Crippen LogP contribution in [0.3, 0.4) is 0 Å². The van der Waals surface area contributed by atoms with Gasteiger partial charge in [-0.1, -0.05) is 11.6 Å². The lowest BCUT2D eigenvalue weighted by Crippen LogP contribution is -2.39. The first-order chi connectivity index (χ1) is 8.90. The minimum absolute atomic E-state index is 0.0594. The molecule has 0 aromatic heterocycles. The molecule has 0 bridgehead atoms. The molecule has 1 heterocycles. The van der Waals surface area contributed by atoms with E-state index in [2.05, 4.69) is 5.32 Å². The number of amides is 2. The van der Waals surface area contributed by atoms with Crippen molar-refractivity contribution in [2.24, 2.45) is 0 Å². The average molecular weight is 285 g/mol. The second-order valence-corrected chi connectivity index (χ2v) is 5.13. The first-order valence-electron chi connectivity index (χ1n) is 5.97. The average Bonchev–Trinajstić information content (AvgIpc) is 2.59. The summed E-state index contributed by atoms with van der Waals surface area (Å²) in [6.45, 7) is 3.54. The van der Waals surface area contributed by atoms with E-state index in [0.29, 0.717) is 10.7 Å². The summed E-state index contributed by atoms with van der Waals surface area (Å²) >= 11 is 5.92. The van der Waals surface area contributed by atoms with Crippen LogP contribution in [0.2, 0.25) is 5.02 Å². The largest absolute Gasteiger partial charge is 0.372 e. The van der Waals surface area contributed by atoms with Gasteiger partial charge >= 0.3 is 0 Å². The van der Waals surface area contributed by atoms with E-state index in [1.165, 1.54) is 23.1 Å². The van der Waals surface area contributed by atoms with E-state index < -0.39 is 11.9 Å². The molecule has 0 saturated carbocycles. The summed E-state index contributed by atoms with van der Waals surface area (Å²) in [5.41, 5.74) is 0.318. The van der Waals surface area contributed by atoms with Gasteiger partial charge in [-0.3, -0.25) is 14.5 Å². The molecule has 4 nitrogen and oxygen atoms in total. The summed E-state index contributed by atoms with van der Waals surface area (Å²) < 4.78 is 13.1. The number of carbonyl (C=O) groups excluding carboxylic acids is 2. The molecular weight excluding hydrogens is 271 g/mol. The molecule has 1 saturated heterocycles. The van der Waals surface area contributed by atoms with E-state index in [4.69, 9.17) is 11.6 Å². The van der Waals surface area contributed by atoms with Gasteiger partial charge in [-0.25, -0.2) is 4.39 Å². The second kappa shape index (κ2) is 5.17. The number of nitrogens with zero attached hydrogens (tertiary/aromatic N) is 1. The van der Waals surface area contributed by atoms with Crippen molar-refractivity contribution in [3.8, 4) is 0 Å². The van der Waals surface area contributed by atoms with Gasteiger partial charge in [0.05, 0.1) is 17.1 Å². The minimum Gasteiger partial charge on any atom is -0.372 e. The van der Waals surface area contributed by atoms with Crippen molar-refractivity contribution in [3.63, 3.8) is 0 Å². The Bertz CT molecular complexity index is 533. The van der Waals surface area contributed by atoms with Crippen molar-refractivity contribution in [3.05, 3.63) is 29.0 Å². The Morgan fingerprint density at radius 1 is 1.42 bits per heavy atom. The Labute approximate surface area is 115 Å². The highest BCUT2D eigenvalue weighted by molar-refractivity contribution is 6.33. The molecule has 1 unspecified atom stereocenters. The maximum atomic E-state index is 13.1. The molecule has 2 rings (SSSR count). The number of likely N-dealkylation sites (tertiary alicyclic amines) is 1. The van der Waals surface area contributed by atoms with Gasteiger partial charge in [0.1, 0.15) is 11.9 Å². The van der Waals surface area contributed by atoms with E-state index in [1.807, 2.05) is 0 Å². The predicted molar refractivity (Wildman–Crippen MR) is 70.4 cm³/mol. The molecule has 1 aliphatic heterocycles. The van der Waals surface area contributed by atoms with E-state index in [1.54, 1.807) is 13.8 Å². The van der Waals surface area contributed by atoms with Gasteiger partial charge in [-0.2, -0.15) is 0 Å². The molecule has 19 heavy (non-hydrogen) atoms. The number of halogens is 2. The normalized spacial score (nSPS) is 19.4. The SMILES string of the molecule is CC(C)N1C(=O)CC(Nc2cc(F)ccc2Cl)C1=O. The van der Waals surface area contributed by atoms with Crippen molar-refractivity contribution in [2.75, 3.05) is 5.32 Å². The number of carbonyl (C=O) groups is 2. The van der Waals surface area contributed by atoms with Crippen molar-refractivity contribution in [2.45, 2.75) is 32.4 Å². The molecule has 1 atom stereocenters. The van der Waals surface area contributed by atoms with Gasteiger partial charge < -0.3 is 5.32 Å². The third-order valence-electron chi connectivity index (χ3n) is 2.96. The maximum absolute atomic E-state index is 13.1. The Morgan fingerprint density at radius 3 is 2.68 bits per heavy atom. The molecule has 0 aliphatic carbocycles. The number of hydrogen-bond acceptors (Lipinski definition) is 3. The first kappa shape index (κ1) is 13.8. The molecule has 1 aliphatic rings. The van der Waals surface area contributed by atoms with Crippen molar-refractivity contribution in [1.82, 2.24) is 4.90 Å². The van der Waals surface area contributed by atoms with E-state index >= 15 is 0 Å². The third kappa shape index (κ3) is 2.71. The number of imide groups is 1. The molecule has 2 amide bonds. The van der Waals surface area contributed by atoms with E-state index in [0.717, 1.165) is 0 Å². The van der Waals surface area contributed by atoms with Crippen LogP contribution in [0, 0.1) is 5.82 Å². The third-order valence-corrected chi connectivity index (χ3v) is 3.29. The second-order valence-electron chi connectivity index (χ2n) is 4.72. The number of nitrogens with one attached hydrogen (secondary N) is 1. The van der Waals surface area contributed by atoms with Crippen LogP contribution < -0.4 is 5.32 Å². The zero-order valence-electron chi connectivity index (χ0n) is 10.6. The molecule has 0 radical (unpaired) electrons. The van der Waals surface area contributed by atoms with Crippen LogP contribution in [0.4, 0.5) is 10.1 Å². The van der Waals surface area contributed by atoms with Gasteiger partial charge in [0.15, 0.2) is 0 Å². The molecule has 1 N–H and O–H groups in total. The van der Waals surface area contributed by atoms with Crippen LogP contribution in [0.15, 0.2) is 18.2 Å². The minimum atomic E-state index is -0.686. The van der Waals surface area contributed by atoms with E-state index in [9.17, 15) is 14.0 Å². The molecule has 102 valence electrons. The molecule has 6 heteroatoms. The Kier molecular flexibility index (Phi) is 3.75. The summed E-state index contributed by atoms with van der Waals surface area (Å²) in [4.78, 5) is 25.0. The van der Waals surface area contributed by atoms with Crippen molar-refractivity contribution < 1.29 is 14.0 Å². The topological polar surface area (TPSA) is 49.4 Å². The van der Waals surface area contributed by atoms with Crippen LogP contribution in [-0.2, 0) is 9.59 Å². The van der Waals surface area contributed by atoms with E-state index in [-0.39, 0.29) is 24.3 Å². The van der Waals surface area contributed by atoms with Crippen molar-refractivity contribution in [1.29, 1.82) is 0 Å². The lowest BCUT2D eigenvalue weighted by atomic mass is 10.2. The van der Waals surface area contributed by atoms with Gasteiger partial charge in [0.25, 0.3) is 5.91 Å². The summed E-state index contributed by atoms with van der Waals surface area (Å²) in [6, 6.07) is 2.97. The van der Waals surface area contributed by atoms with Crippen LogP contribution in [-0.4, -0.2) is 28.8 Å². The van der Waals surface area contributed by atoms with Gasteiger partial charge in [0.2, 0.25) is 5.91 Å². The quantitative estimate of drug-likeness (QED) is 0.867. The summed E-state index contributed by atoms with van der Waals surface area (Å²) in [6.07, 6.45) is 0.0594. The van der Waals surface area contributed by atoms with Crippen LogP contribution in [0.25, 0.3) is 0 Å². The monoisotopic (exact) mass is 284 g/mol. The number of benzene rings is 1. The van der Waals surface area contributed by atoms with Gasteiger partial charge in [-0.15, -0.1) is 0 Å². The fraction of sp³-hybridized carbons (Fsp3) is 0.385. The Balaban J connectivity index is 2.19. The zero-order valence-corrected chi connectivity index (χ0v) is 11.4. The Morgan fingerprint density at radius 2 is 2.11 bits per heavy atom. The molecule has 1 fully saturated rings. The maximum Gasteiger partial charge on any atom is 0.252 e. The smallest absolute Gasteiger partial charge is 0.252 e. The number of anilines is 1. The van der Waals surface area contributed by atoms with Gasteiger partial charge in [0, 0.05) is 6.04 Å². The highest BCUT2D eigenvalue weighted by Gasteiger charge is 2.40. The predicted octanol–water partition coefficient (Wildman–Crippen LogP) is 2.43. The summed E-state index contributed by atoms with van der Waals surface area (Å²) in [5, 5.41) is 3.14. The Hall–Kier alpha value is -1.62. The highest BCUT2D eigenvalue weighted by atomic mass is 35.5. The first-order valence-corrected chi connectivity index (χ1v) is 6.35. The summed E-state index contributed by atoms with van der Waals surface area (Å²) in [7, 11) is 0. The zero-order chi connectivity index (χ0) is 14.2. The lowest BCUT2D eigenvalue weighted by Gasteiger charge is -2.19. The fourth-order valence-corrected chi connectivity index (χ4v) is 2.27. The van der Waals surface area contributed by atoms with Gasteiger partial charge in [-0.05, 0) is 32.0 Å². The molecule has 1 aromatic carbocycles. The van der Waals surface area contributed by atoms with Crippen LogP contribution in [0.5, 0.6) is 0 Å². The molecule has 1 aromatic rings.